The van der Waals surface area contributed by atoms with Crippen LogP contribution in [0.3, 0.4) is 0 Å². The Bertz CT molecular complexity index is 1650. The minimum absolute atomic E-state index is 0.0253. The number of methoxy groups -OCH3 is 1. The monoisotopic (exact) mass is 513 g/mol. The third-order valence-corrected chi connectivity index (χ3v) is 7.73. The lowest BCUT2D eigenvalue weighted by Crippen LogP contribution is -2.24. The van der Waals surface area contributed by atoms with E-state index in [0.29, 0.717) is 11.5 Å². The van der Waals surface area contributed by atoms with Gasteiger partial charge in [0.05, 0.1) is 24.2 Å². The molecule has 37 heavy (non-hydrogen) atoms. The molecule has 0 spiro atoms. The van der Waals surface area contributed by atoms with Crippen LogP contribution in [0.5, 0.6) is 5.88 Å². The summed E-state index contributed by atoms with van der Waals surface area (Å²) in [6, 6.07) is 26.6. The van der Waals surface area contributed by atoms with Gasteiger partial charge in [0.1, 0.15) is 4.90 Å². The molecule has 2 aromatic heterocycles. The highest BCUT2D eigenvalue weighted by atomic mass is 32.2. The number of rotatable bonds is 8. The highest BCUT2D eigenvalue weighted by molar-refractivity contribution is 7.89. The van der Waals surface area contributed by atoms with Crippen molar-refractivity contribution in [3.63, 3.8) is 0 Å². The summed E-state index contributed by atoms with van der Waals surface area (Å²) in [7, 11) is -2.50. The Morgan fingerprint density at radius 3 is 2.38 bits per heavy atom. The minimum atomic E-state index is -3.90. The normalized spacial score (nSPS) is 12.5. The van der Waals surface area contributed by atoms with Crippen molar-refractivity contribution in [1.29, 1.82) is 0 Å². The van der Waals surface area contributed by atoms with Crippen LogP contribution in [0, 0.1) is 0 Å². The van der Waals surface area contributed by atoms with Crippen LogP contribution in [0.1, 0.15) is 24.1 Å². The first-order chi connectivity index (χ1) is 17.9. The smallest absolute Gasteiger partial charge is 0.246 e. The number of hydrogen-bond donors (Lipinski definition) is 2. The average Bonchev–Trinajstić information content (AvgIpc) is 3.27. The number of sulfonamides is 1. The lowest BCUT2D eigenvalue weighted by molar-refractivity contribution is 0.385. The zero-order chi connectivity index (χ0) is 26.0. The molecule has 2 heterocycles. The molecule has 0 amide bonds. The van der Waals surface area contributed by atoms with Crippen LogP contribution in [0.4, 0.5) is 5.95 Å². The Morgan fingerprint density at radius 1 is 0.973 bits per heavy atom. The van der Waals surface area contributed by atoms with Crippen molar-refractivity contribution in [2.45, 2.75) is 24.4 Å². The Kier molecular flexibility index (Phi) is 6.64. The molecule has 8 nitrogen and oxygen atoms in total. The number of pyridine rings is 1. The van der Waals surface area contributed by atoms with Crippen LogP contribution in [0.25, 0.3) is 22.2 Å². The Labute approximate surface area is 215 Å². The van der Waals surface area contributed by atoms with Crippen LogP contribution in [-0.2, 0) is 16.6 Å². The van der Waals surface area contributed by atoms with Crippen molar-refractivity contribution in [1.82, 2.24) is 19.3 Å². The molecule has 5 aromatic rings. The van der Waals surface area contributed by atoms with Gasteiger partial charge in [-0.25, -0.2) is 23.1 Å². The molecule has 1 unspecified atom stereocenters. The molecule has 0 fully saturated rings. The van der Waals surface area contributed by atoms with E-state index in [2.05, 4.69) is 21.6 Å². The topological polar surface area (TPSA) is 112 Å². The van der Waals surface area contributed by atoms with E-state index in [1.807, 2.05) is 83.4 Å². The first kappa shape index (κ1) is 24.5. The number of aromatic nitrogens is 3. The van der Waals surface area contributed by atoms with E-state index in [0.717, 1.165) is 27.7 Å². The van der Waals surface area contributed by atoms with Crippen molar-refractivity contribution in [2.75, 3.05) is 12.8 Å². The molecular formula is C28H27N5O3S. The molecule has 1 atom stereocenters. The molecule has 0 saturated heterocycles. The minimum Gasteiger partial charge on any atom is -0.480 e. The summed E-state index contributed by atoms with van der Waals surface area (Å²) in [5.41, 5.74) is 11.3. The summed E-state index contributed by atoms with van der Waals surface area (Å²) in [5, 5.41) is 0. The first-order valence-corrected chi connectivity index (χ1v) is 13.3. The molecule has 5 rings (SSSR count). The van der Waals surface area contributed by atoms with E-state index in [9.17, 15) is 8.42 Å². The molecule has 0 bridgehead atoms. The molecule has 3 N–H and O–H groups in total. The fourth-order valence-electron chi connectivity index (χ4n) is 4.37. The van der Waals surface area contributed by atoms with Gasteiger partial charge in [0, 0.05) is 18.3 Å². The van der Waals surface area contributed by atoms with Crippen LogP contribution in [0.2, 0.25) is 0 Å². The maximum Gasteiger partial charge on any atom is 0.246 e. The number of ether oxygens (including phenoxy) is 1. The second-order valence-corrected chi connectivity index (χ2v) is 10.4. The van der Waals surface area contributed by atoms with Gasteiger partial charge in [-0.2, -0.15) is 0 Å². The number of nitrogens with one attached hydrogen (secondary N) is 1. The zero-order valence-electron chi connectivity index (χ0n) is 20.5. The summed E-state index contributed by atoms with van der Waals surface area (Å²) in [5.74, 6) is 0.433. The second-order valence-electron chi connectivity index (χ2n) is 8.67. The third-order valence-electron chi connectivity index (χ3n) is 6.33. The number of fused-ring (bicyclic) bond motifs is 1. The number of nitrogens with zero attached hydrogens (tertiary/aromatic N) is 3. The standard InChI is InChI=1S/C28H27N5O3S/c1-19(21-11-7-4-8-12-21)33-25-15-22(13-14-24(25)32-28(33)29)23-16-26(27(36-2)30-18-23)37(34,35)31-17-20-9-5-3-6-10-20/h3-16,18-19,31H,17H2,1-2H3,(H2,29,32). The molecule has 3 aromatic carbocycles. The summed E-state index contributed by atoms with van der Waals surface area (Å²) < 4.78 is 36.4. The van der Waals surface area contributed by atoms with Crippen molar-refractivity contribution in [2.24, 2.45) is 0 Å². The van der Waals surface area contributed by atoms with E-state index in [4.69, 9.17) is 10.5 Å². The van der Waals surface area contributed by atoms with Crippen LogP contribution in [0.15, 0.2) is 96.0 Å². The molecule has 0 radical (unpaired) electrons. The SMILES string of the molecule is COc1ncc(-c2ccc3nc(N)n(C(C)c4ccccc4)c3c2)cc1S(=O)(=O)NCc1ccccc1. The molecule has 188 valence electrons. The average molecular weight is 514 g/mol. The lowest BCUT2D eigenvalue weighted by Gasteiger charge is -2.17. The molecule has 0 aliphatic carbocycles. The Balaban J connectivity index is 1.54. The predicted molar refractivity (Wildman–Crippen MR) is 145 cm³/mol. The van der Waals surface area contributed by atoms with Gasteiger partial charge < -0.3 is 15.0 Å². The van der Waals surface area contributed by atoms with E-state index < -0.39 is 10.0 Å². The van der Waals surface area contributed by atoms with E-state index >= 15 is 0 Å². The van der Waals surface area contributed by atoms with Crippen molar-refractivity contribution < 1.29 is 13.2 Å². The van der Waals surface area contributed by atoms with Gasteiger partial charge in [-0.3, -0.25) is 0 Å². The van der Waals surface area contributed by atoms with Crippen LogP contribution < -0.4 is 15.2 Å². The lowest BCUT2D eigenvalue weighted by atomic mass is 10.1. The summed E-state index contributed by atoms with van der Waals surface area (Å²) >= 11 is 0. The van der Waals surface area contributed by atoms with Gasteiger partial charge >= 0.3 is 0 Å². The van der Waals surface area contributed by atoms with Crippen molar-refractivity contribution in [3.8, 4) is 17.0 Å². The summed E-state index contributed by atoms with van der Waals surface area (Å²) in [4.78, 5) is 8.79. The molecule has 0 aliphatic heterocycles. The van der Waals surface area contributed by atoms with Gasteiger partial charge in [-0.15, -0.1) is 0 Å². The second kappa shape index (κ2) is 10.0. The van der Waals surface area contributed by atoms with Crippen LogP contribution in [-0.4, -0.2) is 30.1 Å². The quantitative estimate of drug-likeness (QED) is 0.309. The van der Waals surface area contributed by atoms with Gasteiger partial charge in [0.25, 0.3) is 0 Å². The number of hydrogen-bond acceptors (Lipinski definition) is 6. The first-order valence-electron chi connectivity index (χ1n) is 11.8. The molecule has 9 heteroatoms. The van der Waals surface area contributed by atoms with Gasteiger partial charge in [-0.05, 0) is 41.8 Å². The zero-order valence-corrected chi connectivity index (χ0v) is 21.3. The Morgan fingerprint density at radius 2 is 1.68 bits per heavy atom. The van der Waals surface area contributed by atoms with Gasteiger partial charge in [-0.1, -0.05) is 66.7 Å². The van der Waals surface area contributed by atoms with Crippen LogP contribution >= 0.6 is 0 Å². The van der Waals surface area contributed by atoms with Gasteiger partial charge in [0.2, 0.25) is 21.9 Å². The highest BCUT2D eigenvalue weighted by Crippen LogP contribution is 2.32. The number of benzene rings is 3. The van der Waals surface area contributed by atoms with E-state index in [-0.39, 0.29) is 23.4 Å². The molecule has 0 aliphatic rings. The van der Waals surface area contributed by atoms with Crippen molar-refractivity contribution >= 4 is 27.0 Å². The van der Waals surface area contributed by atoms with Gasteiger partial charge in [0.15, 0.2) is 0 Å². The summed E-state index contributed by atoms with van der Waals surface area (Å²) in [6.45, 7) is 2.22. The number of anilines is 1. The molecular weight excluding hydrogens is 486 g/mol. The Hall–Kier alpha value is -4.21. The molecule has 0 saturated carbocycles. The third kappa shape index (κ3) is 4.91. The van der Waals surface area contributed by atoms with Crippen molar-refractivity contribution in [3.05, 3.63) is 102 Å². The fourth-order valence-corrected chi connectivity index (χ4v) is 5.53. The fraction of sp³-hybridized carbons (Fsp3) is 0.143. The highest BCUT2D eigenvalue weighted by Gasteiger charge is 2.22. The predicted octanol–water partition coefficient (Wildman–Crippen LogP) is 4.78. The largest absolute Gasteiger partial charge is 0.480 e. The number of nitrogen functional groups attached to an aromatic ring is 1. The maximum absolute atomic E-state index is 13.2. The van der Waals surface area contributed by atoms with E-state index in [1.54, 1.807) is 12.3 Å². The summed E-state index contributed by atoms with van der Waals surface area (Å²) in [6.07, 6.45) is 1.60. The van der Waals surface area contributed by atoms with E-state index in [1.165, 1.54) is 7.11 Å². The number of nitrogens with two attached hydrogens (primary N) is 1. The number of imidazole rings is 1. The maximum atomic E-state index is 13.2.